The molecule has 0 aliphatic heterocycles. The molecule has 0 unspecified atom stereocenters. The number of ketones is 1. The van der Waals surface area contributed by atoms with Gasteiger partial charge in [0, 0.05) is 12.2 Å². The monoisotopic (exact) mass is 278 g/mol. The fourth-order valence-corrected chi connectivity index (χ4v) is 2.79. The summed E-state index contributed by atoms with van der Waals surface area (Å²) in [7, 11) is 0. The summed E-state index contributed by atoms with van der Waals surface area (Å²) in [6, 6.07) is 0. The quantitative estimate of drug-likeness (QED) is 0.464. The van der Waals surface area contributed by atoms with Gasteiger partial charge in [0.1, 0.15) is 0 Å². The number of aromatic nitrogens is 2. The molecule has 20 heavy (non-hydrogen) atoms. The normalized spacial score (nSPS) is 11.0. The molecule has 0 atom stereocenters. The summed E-state index contributed by atoms with van der Waals surface area (Å²) in [5.41, 5.74) is 2.98. The highest BCUT2D eigenvalue weighted by atomic mass is 16.1. The fourth-order valence-electron chi connectivity index (χ4n) is 2.79. The van der Waals surface area contributed by atoms with E-state index in [-0.39, 0.29) is 5.78 Å². The maximum Gasteiger partial charge on any atom is 0.163 e. The average molecular weight is 278 g/mol. The molecule has 0 aromatic carbocycles. The first-order chi connectivity index (χ1) is 9.65. The van der Waals surface area contributed by atoms with Crippen LogP contribution in [-0.2, 0) is 19.4 Å². The molecule has 1 heterocycles. The van der Waals surface area contributed by atoms with Crippen LogP contribution in [-0.4, -0.2) is 15.6 Å². The maximum absolute atomic E-state index is 11.8. The molecule has 0 radical (unpaired) electrons. The summed E-state index contributed by atoms with van der Waals surface area (Å²) < 4.78 is 2.08. The molecule has 3 nitrogen and oxygen atoms in total. The van der Waals surface area contributed by atoms with Gasteiger partial charge in [-0.25, -0.2) is 0 Å². The number of hydrogen-bond acceptors (Lipinski definition) is 2. The van der Waals surface area contributed by atoms with Crippen LogP contribution in [0.25, 0.3) is 0 Å². The van der Waals surface area contributed by atoms with Crippen molar-refractivity contribution in [3.05, 3.63) is 17.0 Å². The Morgan fingerprint density at radius 3 is 2.20 bits per heavy atom. The molecule has 0 bridgehead atoms. The SMILES string of the molecule is CCCCCCCCn1nc(CC)c(C(C)=O)c1CC. The van der Waals surface area contributed by atoms with Gasteiger partial charge < -0.3 is 0 Å². The van der Waals surface area contributed by atoms with Gasteiger partial charge in [-0.05, 0) is 26.2 Å². The summed E-state index contributed by atoms with van der Waals surface area (Å²) in [5, 5.41) is 4.65. The lowest BCUT2D eigenvalue weighted by atomic mass is 10.1. The number of carbonyl (C=O) groups excluding carboxylic acids is 1. The molecule has 3 heteroatoms. The van der Waals surface area contributed by atoms with Crippen LogP contribution in [0.5, 0.6) is 0 Å². The van der Waals surface area contributed by atoms with E-state index in [1.165, 1.54) is 38.5 Å². The second-order valence-electron chi connectivity index (χ2n) is 5.52. The minimum Gasteiger partial charge on any atom is -0.294 e. The first-order valence-corrected chi connectivity index (χ1v) is 8.25. The topological polar surface area (TPSA) is 34.9 Å². The number of hydrogen-bond donors (Lipinski definition) is 0. The summed E-state index contributed by atoms with van der Waals surface area (Å²) in [6.45, 7) is 9.04. The number of aryl methyl sites for hydroxylation is 2. The fraction of sp³-hybridized carbons (Fsp3) is 0.765. The predicted molar refractivity (Wildman–Crippen MR) is 84.4 cm³/mol. The van der Waals surface area contributed by atoms with Gasteiger partial charge in [0.15, 0.2) is 5.78 Å². The second kappa shape index (κ2) is 8.93. The molecule has 1 aromatic rings. The Morgan fingerprint density at radius 2 is 1.65 bits per heavy atom. The number of nitrogens with zero attached hydrogens (tertiary/aromatic N) is 2. The molecule has 0 amide bonds. The van der Waals surface area contributed by atoms with Crippen molar-refractivity contribution in [3.63, 3.8) is 0 Å². The van der Waals surface area contributed by atoms with Gasteiger partial charge in [-0.15, -0.1) is 0 Å². The second-order valence-corrected chi connectivity index (χ2v) is 5.52. The van der Waals surface area contributed by atoms with Gasteiger partial charge in [0.05, 0.1) is 11.3 Å². The van der Waals surface area contributed by atoms with Gasteiger partial charge in [-0.2, -0.15) is 5.10 Å². The third-order valence-electron chi connectivity index (χ3n) is 3.88. The van der Waals surface area contributed by atoms with Crippen molar-refractivity contribution >= 4 is 5.78 Å². The molecule has 1 aromatic heterocycles. The molecule has 0 aliphatic rings. The minimum absolute atomic E-state index is 0.160. The van der Waals surface area contributed by atoms with E-state index in [2.05, 4.69) is 30.6 Å². The van der Waals surface area contributed by atoms with E-state index < -0.39 is 0 Å². The molecule has 0 N–H and O–H groups in total. The Labute approximate surface area is 123 Å². The van der Waals surface area contributed by atoms with Gasteiger partial charge in [0.2, 0.25) is 0 Å². The standard InChI is InChI=1S/C17H30N2O/c1-5-8-9-10-11-12-13-19-16(7-3)17(14(4)20)15(6-2)18-19/h5-13H2,1-4H3. The Bertz CT molecular complexity index is 421. The van der Waals surface area contributed by atoms with Crippen LogP contribution >= 0.6 is 0 Å². The molecule has 0 saturated carbocycles. The zero-order chi connectivity index (χ0) is 15.0. The lowest BCUT2D eigenvalue weighted by Gasteiger charge is -2.07. The molecule has 0 saturated heterocycles. The van der Waals surface area contributed by atoms with Crippen LogP contribution in [0.3, 0.4) is 0 Å². The van der Waals surface area contributed by atoms with E-state index in [1.54, 1.807) is 6.92 Å². The van der Waals surface area contributed by atoms with Crippen molar-refractivity contribution in [2.24, 2.45) is 0 Å². The number of Topliss-reactive ketones (excluding diaryl/α,β-unsaturated/α-hetero) is 1. The number of unbranched alkanes of at least 4 members (excludes halogenated alkanes) is 5. The van der Waals surface area contributed by atoms with Crippen LogP contribution in [0.4, 0.5) is 0 Å². The summed E-state index contributed by atoms with van der Waals surface area (Å²) in [5.74, 6) is 0.160. The Hall–Kier alpha value is -1.12. The third-order valence-corrected chi connectivity index (χ3v) is 3.88. The number of rotatable bonds is 10. The Balaban J connectivity index is 2.63. The first kappa shape index (κ1) is 16.9. The van der Waals surface area contributed by atoms with Gasteiger partial charge in [-0.3, -0.25) is 9.48 Å². The van der Waals surface area contributed by atoms with Crippen molar-refractivity contribution < 1.29 is 4.79 Å². The zero-order valence-corrected chi connectivity index (χ0v) is 13.7. The predicted octanol–water partition coefficient (Wildman–Crippen LogP) is 4.57. The average Bonchev–Trinajstić information content (AvgIpc) is 2.80. The highest BCUT2D eigenvalue weighted by molar-refractivity contribution is 5.96. The molecule has 1 rings (SSSR count). The highest BCUT2D eigenvalue weighted by Gasteiger charge is 2.18. The largest absolute Gasteiger partial charge is 0.294 e. The Morgan fingerprint density at radius 1 is 1.00 bits per heavy atom. The van der Waals surface area contributed by atoms with Crippen molar-refractivity contribution in [2.45, 2.75) is 85.6 Å². The Kier molecular flexibility index (Phi) is 7.56. The van der Waals surface area contributed by atoms with Crippen molar-refractivity contribution in [1.29, 1.82) is 0 Å². The van der Waals surface area contributed by atoms with Gasteiger partial charge >= 0.3 is 0 Å². The first-order valence-electron chi connectivity index (χ1n) is 8.25. The lowest BCUT2D eigenvalue weighted by molar-refractivity contribution is 0.101. The van der Waals surface area contributed by atoms with Crippen molar-refractivity contribution in [2.75, 3.05) is 0 Å². The van der Waals surface area contributed by atoms with Crippen LogP contribution < -0.4 is 0 Å². The minimum atomic E-state index is 0.160. The van der Waals surface area contributed by atoms with Gasteiger partial charge in [0.25, 0.3) is 0 Å². The highest BCUT2D eigenvalue weighted by Crippen LogP contribution is 2.18. The van der Waals surface area contributed by atoms with E-state index in [0.29, 0.717) is 0 Å². The van der Waals surface area contributed by atoms with E-state index in [0.717, 1.165) is 36.3 Å². The van der Waals surface area contributed by atoms with Gasteiger partial charge in [-0.1, -0.05) is 52.9 Å². The maximum atomic E-state index is 11.8. The van der Waals surface area contributed by atoms with Crippen LogP contribution in [0.1, 0.15) is 88.0 Å². The molecular weight excluding hydrogens is 248 g/mol. The molecule has 0 aliphatic carbocycles. The van der Waals surface area contributed by atoms with Crippen LogP contribution in [0, 0.1) is 0 Å². The van der Waals surface area contributed by atoms with Crippen LogP contribution in [0.15, 0.2) is 0 Å². The molecule has 114 valence electrons. The van der Waals surface area contributed by atoms with E-state index in [1.807, 2.05) is 0 Å². The number of carbonyl (C=O) groups is 1. The van der Waals surface area contributed by atoms with Crippen molar-refractivity contribution in [3.8, 4) is 0 Å². The summed E-state index contributed by atoms with van der Waals surface area (Å²) >= 11 is 0. The van der Waals surface area contributed by atoms with E-state index >= 15 is 0 Å². The summed E-state index contributed by atoms with van der Waals surface area (Å²) in [4.78, 5) is 11.8. The summed E-state index contributed by atoms with van der Waals surface area (Å²) in [6.07, 6.45) is 9.45. The van der Waals surface area contributed by atoms with Crippen molar-refractivity contribution in [1.82, 2.24) is 9.78 Å². The zero-order valence-electron chi connectivity index (χ0n) is 13.7. The molecular formula is C17H30N2O. The van der Waals surface area contributed by atoms with E-state index in [9.17, 15) is 4.79 Å². The third kappa shape index (κ3) is 4.46. The lowest BCUT2D eigenvalue weighted by Crippen LogP contribution is -2.07. The molecule has 0 fully saturated rings. The smallest absolute Gasteiger partial charge is 0.163 e. The molecule has 0 spiro atoms. The van der Waals surface area contributed by atoms with Crippen LogP contribution in [0.2, 0.25) is 0 Å². The van der Waals surface area contributed by atoms with E-state index in [4.69, 9.17) is 0 Å².